The zero-order valence-corrected chi connectivity index (χ0v) is 11.9. The fourth-order valence-corrected chi connectivity index (χ4v) is 1.52. The van der Waals surface area contributed by atoms with E-state index in [1.165, 1.54) is 6.42 Å². The summed E-state index contributed by atoms with van der Waals surface area (Å²) in [6, 6.07) is 3.23. The van der Waals surface area contributed by atoms with Crippen molar-refractivity contribution in [1.82, 2.24) is 4.98 Å². The maximum Gasteiger partial charge on any atom is 0.271 e. The first-order chi connectivity index (χ1) is 8.77. The molecule has 2 heterocycles. The molecule has 0 amide bonds. The predicted octanol–water partition coefficient (Wildman–Crippen LogP) is 2.66. The Morgan fingerprint density at radius 1 is 1.22 bits per heavy atom. The molecular formula is C14H26N2O2. The van der Waals surface area contributed by atoms with Gasteiger partial charge in [-0.1, -0.05) is 27.7 Å². The second kappa shape index (κ2) is 9.71. The summed E-state index contributed by atoms with van der Waals surface area (Å²) in [5, 5.41) is 0. The van der Waals surface area contributed by atoms with Gasteiger partial charge in [0.15, 0.2) is 0 Å². The van der Waals surface area contributed by atoms with Crippen molar-refractivity contribution in [2.75, 3.05) is 18.9 Å². The molecule has 4 nitrogen and oxygen atoms in total. The zero-order valence-electron chi connectivity index (χ0n) is 11.9. The quantitative estimate of drug-likeness (QED) is 0.748. The molecule has 0 spiro atoms. The summed E-state index contributed by atoms with van der Waals surface area (Å²) < 4.78 is 5.11. The maximum atomic E-state index is 10.4. The second-order valence-electron chi connectivity index (χ2n) is 3.75. The summed E-state index contributed by atoms with van der Waals surface area (Å²) in [7, 11) is 0. The van der Waals surface area contributed by atoms with Crippen molar-refractivity contribution in [2.24, 2.45) is 11.8 Å². The SMILES string of the molecule is C1OCC2CC12.CC.CC.Nc1ccc[nH]c1=O. The van der Waals surface area contributed by atoms with E-state index < -0.39 is 0 Å². The molecule has 1 aliphatic carbocycles. The first kappa shape index (κ1) is 16.7. The number of ether oxygens (including phenoxy) is 1. The molecule has 1 saturated carbocycles. The molecule has 0 radical (unpaired) electrons. The highest BCUT2D eigenvalue weighted by Crippen LogP contribution is 2.43. The van der Waals surface area contributed by atoms with E-state index in [4.69, 9.17) is 10.5 Å². The average molecular weight is 254 g/mol. The maximum absolute atomic E-state index is 10.4. The van der Waals surface area contributed by atoms with Gasteiger partial charge in [-0.3, -0.25) is 4.79 Å². The summed E-state index contributed by atoms with van der Waals surface area (Å²) in [5.41, 5.74) is 5.20. The monoisotopic (exact) mass is 254 g/mol. The van der Waals surface area contributed by atoms with E-state index in [2.05, 4.69) is 4.98 Å². The molecule has 0 aromatic carbocycles. The zero-order chi connectivity index (χ0) is 14.0. The van der Waals surface area contributed by atoms with Crippen molar-refractivity contribution >= 4 is 5.69 Å². The van der Waals surface area contributed by atoms with E-state index >= 15 is 0 Å². The summed E-state index contributed by atoms with van der Waals surface area (Å²) in [6.45, 7) is 10.1. The Bertz CT molecular complexity index is 355. The second-order valence-corrected chi connectivity index (χ2v) is 3.75. The van der Waals surface area contributed by atoms with Gasteiger partial charge >= 0.3 is 0 Å². The molecule has 3 N–H and O–H groups in total. The van der Waals surface area contributed by atoms with Crippen LogP contribution in [-0.4, -0.2) is 18.2 Å². The molecule has 18 heavy (non-hydrogen) atoms. The van der Waals surface area contributed by atoms with E-state index in [1.807, 2.05) is 27.7 Å². The van der Waals surface area contributed by atoms with Gasteiger partial charge in [-0.2, -0.15) is 0 Å². The lowest BCUT2D eigenvalue weighted by Gasteiger charge is -1.87. The number of nitrogens with one attached hydrogen (secondary N) is 1. The van der Waals surface area contributed by atoms with Crippen LogP contribution in [0, 0.1) is 11.8 Å². The number of rotatable bonds is 0. The molecule has 1 saturated heterocycles. The van der Waals surface area contributed by atoms with E-state index in [0.717, 1.165) is 25.0 Å². The molecule has 2 unspecified atom stereocenters. The largest absolute Gasteiger partial charge is 0.394 e. The Morgan fingerprint density at radius 2 is 1.78 bits per heavy atom. The van der Waals surface area contributed by atoms with Crippen LogP contribution in [0.15, 0.2) is 23.1 Å². The van der Waals surface area contributed by atoms with Gasteiger partial charge in [-0.05, 0) is 30.4 Å². The number of aromatic amines is 1. The first-order valence-electron chi connectivity index (χ1n) is 6.78. The number of hydrogen-bond donors (Lipinski definition) is 2. The lowest BCUT2D eigenvalue weighted by Crippen LogP contribution is -2.08. The number of hydrogen-bond acceptors (Lipinski definition) is 3. The van der Waals surface area contributed by atoms with Crippen molar-refractivity contribution in [2.45, 2.75) is 34.1 Å². The molecule has 104 valence electrons. The molecule has 1 aliphatic heterocycles. The third-order valence-corrected chi connectivity index (χ3v) is 2.58. The molecule has 0 bridgehead atoms. The molecular weight excluding hydrogens is 228 g/mol. The topological polar surface area (TPSA) is 68.1 Å². The van der Waals surface area contributed by atoms with Crippen LogP contribution < -0.4 is 11.3 Å². The van der Waals surface area contributed by atoms with Crippen LogP contribution in [0.5, 0.6) is 0 Å². The van der Waals surface area contributed by atoms with Gasteiger partial charge in [0.05, 0.1) is 5.69 Å². The Labute approximate surface area is 110 Å². The van der Waals surface area contributed by atoms with Crippen LogP contribution in [0.2, 0.25) is 0 Å². The van der Waals surface area contributed by atoms with Crippen LogP contribution in [-0.2, 0) is 4.74 Å². The molecule has 4 heteroatoms. The normalized spacial score (nSPS) is 22.0. The standard InChI is InChI=1S/C5H6N2O.C5H8O.2C2H6/c6-4-2-1-3-7-5(4)8;1-4-2-6-3-5(1)4;2*1-2/h1-3H,6H2,(H,7,8);4-5H,1-3H2;2*1-2H3. The molecule has 1 aromatic rings. The molecule has 2 aliphatic rings. The van der Waals surface area contributed by atoms with Crippen molar-refractivity contribution in [1.29, 1.82) is 0 Å². The third kappa shape index (κ3) is 5.87. The first-order valence-corrected chi connectivity index (χ1v) is 6.78. The van der Waals surface area contributed by atoms with Gasteiger partial charge in [0.2, 0.25) is 0 Å². The number of pyridine rings is 1. The number of H-pyrrole nitrogens is 1. The lowest BCUT2D eigenvalue weighted by atomic mass is 10.4. The number of nitrogens with two attached hydrogens (primary N) is 1. The van der Waals surface area contributed by atoms with Crippen molar-refractivity contribution in [3.63, 3.8) is 0 Å². The summed E-state index contributed by atoms with van der Waals surface area (Å²) in [4.78, 5) is 12.9. The summed E-state index contributed by atoms with van der Waals surface area (Å²) in [5.74, 6) is 1.98. The summed E-state index contributed by atoms with van der Waals surface area (Å²) in [6.07, 6.45) is 3.00. The predicted molar refractivity (Wildman–Crippen MR) is 76.6 cm³/mol. The number of fused-ring (bicyclic) bond motifs is 1. The van der Waals surface area contributed by atoms with Gasteiger partial charge < -0.3 is 15.5 Å². The van der Waals surface area contributed by atoms with Crippen molar-refractivity contribution in [3.05, 3.63) is 28.7 Å². The highest BCUT2D eigenvalue weighted by atomic mass is 16.5. The van der Waals surface area contributed by atoms with Gasteiger partial charge in [-0.25, -0.2) is 0 Å². The number of nitrogen functional groups attached to an aromatic ring is 1. The fourth-order valence-electron chi connectivity index (χ4n) is 1.52. The molecule has 2 fully saturated rings. The summed E-state index contributed by atoms with van der Waals surface area (Å²) >= 11 is 0. The Balaban J connectivity index is 0.000000256. The van der Waals surface area contributed by atoms with E-state index in [0.29, 0.717) is 0 Å². The van der Waals surface area contributed by atoms with Gasteiger partial charge in [0, 0.05) is 19.4 Å². The van der Waals surface area contributed by atoms with E-state index in [1.54, 1.807) is 18.3 Å². The van der Waals surface area contributed by atoms with Gasteiger partial charge in [-0.15, -0.1) is 0 Å². The van der Waals surface area contributed by atoms with E-state index in [-0.39, 0.29) is 11.2 Å². The smallest absolute Gasteiger partial charge is 0.271 e. The van der Waals surface area contributed by atoms with Crippen LogP contribution in [0.25, 0.3) is 0 Å². The highest BCUT2D eigenvalue weighted by molar-refractivity contribution is 5.32. The molecule has 3 rings (SSSR count). The van der Waals surface area contributed by atoms with Crippen LogP contribution in [0.4, 0.5) is 5.69 Å². The Hall–Kier alpha value is -1.29. The fraction of sp³-hybridized carbons (Fsp3) is 0.643. The van der Waals surface area contributed by atoms with E-state index in [9.17, 15) is 4.79 Å². The van der Waals surface area contributed by atoms with Crippen LogP contribution in [0.3, 0.4) is 0 Å². The number of aromatic nitrogens is 1. The number of anilines is 1. The van der Waals surface area contributed by atoms with Gasteiger partial charge in [0.1, 0.15) is 0 Å². The minimum atomic E-state index is -0.229. The molecule has 1 aromatic heterocycles. The van der Waals surface area contributed by atoms with Crippen molar-refractivity contribution in [3.8, 4) is 0 Å². The lowest BCUT2D eigenvalue weighted by molar-refractivity contribution is 0.165. The minimum Gasteiger partial charge on any atom is -0.394 e. The third-order valence-electron chi connectivity index (χ3n) is 2.58. The average Bonchev–Trinajstić information content (AvgIpc) is 3.05. The molecule has 2 atom stereocenters. The van der Waals surface area contributed by atoms with Crippen LogP contribution in [0.1, 0.15) is 34.1 Å². The minimum absolute atomic E-state index is 0.229. The van der Waals surface area contributed by atoms with Gasteiger partial charge in [0.25, 0.3) is 5.56 Å². The van der Waals surface area contributed by atoms with Crippen LogP contribution >= 0.6 is 0 Å². The Morgan fingerprint density at radius 3 is 2.00 bits per heavy atom. The Kier molecular flexibility index (Phi) is 9.01. The van der Waals surface area contributed by atoms with Crippen molar-refractivity contribution < 1.29 is 4.74 Å². The highest BCUT2D eigenvalue weighted by Gasteiger charge is 2.41.